The van der Waals surface area contributed by atoms with Gasteiger partial charge in [-0.05, 0) is 35.5 Å². The molecule has 2 rings (SSSR count). The summed E-state index contributed by atoms with van der Waals surface area (Å²) in [5.41, 5.74) is 0. The molecule has 1 N–H and O–H groups in total. The lowest BCUT2D eigenvalue weighted by Gasteiger charge is -2.07. The van der Waals surface area contributed by atoms with Gasteiger partial charge in [-0.3, -0.25) is 0 Å². The summed E-state index contributed by atoms with van der Waals surface area (Å²) < 4.78 is 7.39. The number of hydrogen-bond acceptors (Lipinski definition) is 5. The van der Waals surface area contributed by atoms with E-state index in [-0.39, 0.29) is 0 Å². The predicted molar refractivity (Wildman–Crippen MR) is 71.8 cm³/mol. The van der Waals surface area contributed by atoms with Crippen molar-refractivity contribution in [3.63, 3.8) is 0 Å². The highest BCUT2D eigenvalue weighted by Crippen LogP contribution is 2.08. The third-order valence-corrected chi connectivity index (χ3v) is 2.63. The molecule has 0 radical (unpaired) electrons. The summed E-state index contributed by atoms with van der Waals surface area (Å²) in [6.07, 6.45) is 1.10. The van der Waals surface area contributed by atoms with Gasteiger partial charge in [0.05, 0.1) is 13.1 Å². The SMILES string of the molecule is CCCNCc1nnnn1CCOc1ccccc1. The number of ether oxygens (including phenoxy) is 1. The summed E-state index contributed by atoms with van der Waals surface area (Å²) in [5, 5.41) is 14.9. The summed E-state index contributed by atoms with van der Waals surface area (Å²) in [7, 11) is 0. The van der Waals surface area contributed by atoms with Crippen LogP contribution in [0.25, 0.3) is 0 Å². The van der Waals surface area contributed by atoms with Crippen molar-refractivity contribution in [3.8, 4) is 5.75 Å². The van der Waals surface area contributed by atoms with Crippen molar-refractivity contribution in [2.45, 2.75) is 26.4 Å². The molecule has 0 bridgehead atoms. The van der Waals surface area contributed by atoms with E-state index in [9.17, 15) is 0 Å². The molecule has 2 aromatic rings. The number of para-hydroxylation sites is 1. The number of nitrogens with zero attached hydrogens (tertiary/aromatic N) is 4. The van der Waals surface area contributed by atoms with Crippen molar-refractivity contribution in [2.24, 2.45) is 0 Å². The topological polar surface area (TPSA) is 64.9 Å². The van der Waals surface area contributed by atoms with Crippen LogP contribution in [-0.4, -0.2) is 33.4 Å². The average molecular weight is 261 g/mol. The van der Waals surface area contributed by atoms with Gasteiger partial charge >= 0.3 is 0 Å². The van der Waals surface area contributed by atoms with Gasteiger partial charge in [-0.1, -0.05) is 25.1 Å². The number of benzene rings is 1. The van der Waals surface area contributed by atoms with Crippen LogP contribution >= 0.6 is 0 Å². The highest BCUT2D eigenvalue weighted by atomic mass is 16.5. The first kappa shape index (κ1) is 13.5. The monoisotopic (exact) mass is 261 g/mol. The van der Waals surface area contributed by atoms with Gasteiger partial charge in [-0.25, -0.2) is 4.68 Å². The van der Waals surface area contributed by atoms with Crippen LogP contribution in [0.3, 0.4) is 0 Å². The molecule has 0 aliphatic heterocycles. The molecule has 0 fully saturated rings. The molecule has 0 aliphatic carbocycles. The second-order valence-corrected chi connectivity index (χ2v) is 4.16. The third kappa shape index (κ3) is 4.33. The summed E-state index contributed by atoms with van der Waals surface area (Å²) in [6.45, 7) is 4.98. The first-order valence-corrected chi connectivity index (χ1v) is 6.53. The predicted octanol–water partition coefficient (Wildman–Crippen LogP) is 1.25. The molecule has 1 aromatic carbocycles. The Morgan fingerprint density at radius 2 is 2.11 bits per heavy atom. The van der Waals surface area contributed by atoms with Gasteiger partial charge in [0.15, 0.2) is 5.82 Å². The van der Waals surface area contributed by atoms with E-state index >= 15 is 0 Å². The maximum atomic E-state index is 5.62. The lowest BCUT2D eigenvalue weighted by Crippen LogP contribution is -2.20. The van der Waals surface area contributed by atoms with Crippen LogP contribution in [-0.2, 0) is 13.1 Å². The molecule has 0 aliphatic rings. The number of nitrogens with one attached hydrogen (secondary N) is 1. The molecule has 19 heavy (non-hydrogen) atoms. The fourth-order valence-electron chi connectivity index (χ4n) is 1.67. The lowest BCUT2D eigenvalue weighted by atomic mass is 10.3. The van der Waals surface area contributed by atoms with Crippen LogP contribution in [0.1, 0.15) is 19.2 Å². The molecular formula is C13H19N5O. The van der Waals surface area contributed by atoms with E-state index < -0.39 is 0 Å². The van der Waals surface area contributed by atoms with E-state index in [1.807, 2.05) is 30.3 Å². The minimum Gasteiger partial charge on any atom is -0.492 e. The number of tetrazole rings is 1. The van der Waals surface area contributed by atoms with E-state index in [1.54, 1.807) is 4.68 Å². The summed E-state index contributed by atoms with van der Waals surface area (Å²) >= 11 is 0. The van der Waals surface area contributed by atoms with Crippen LogP contribution in [0.4, 0.5) is 0 Å². The Hall–Kier alpha value is -1.95. The second kappa shape index (κ2) is 7.48. The highest BCUT2D eigenvalue weighted by Gasteiger charge is 2.05. The summed E-state index contributed by atoms with van der Waals surface area (Å²) in [4.78, 5) is 0. The lowest BCUT2D eigenvalue weighted by molar-refractivity contribution is 0.286. The Kier molecular flexibility index (Phi) is 5.31. The zero-order chi connectivity index (χ0) is 13.3. The van der Waals surface area contributed by atoms with E-state index in [0.717, 1.165) is 24.5 Å². The van der Waals surface area contributed by atoms with E-state index in [0.29, 0.717) is 19.7 Å². The molecular weight excluding hydrogens is 242 g/mol. The summed E-state index contributed by atoms with van der Waals surface area (Å²) in [6, 6.07) is 9.73. The van der Waals surface area contributed by atoms with E-state index in [4.69, 9.17) is 4.74 Å². The quantitative estimate of drug-likeness (QED) is 0.725. The maximum Gasteiger partial charge on any atom is 0.165 e. The van der Waals surface area contributed by atoms with Crippen molar-refractivity contribution in [1.29, 1.82) is 0 Å². The molecule has 0 unspecified atom stereocenters. The number of aromatic nitrogens is 4. The van der Waals surface area contributed by atoms with Crippen molar-refractivity contribution in [2.75, 3.05) is 13.2 Å². The molecule has 1 heterocycles. The minimum absolute atomic E-state index is 0.551. The van der Waals surface area contributed by atoms with E-state index in [2.05, 4.69) is 27.8 Å². The minimum atomic E-state index is 0.551. The number of rotatable bonds is 8. The first-order valence-electron chi connectivity index (χ1n) is 6.53. The molecule has 0 saturated carbocycles. The standard InChI is InChI=1S/C13H19N5O/c1-2-8-14-11-13-15-16-17-18(13)9-10-19-12-6-4-3-5-7-12/h3-7,14H,2,8-11H2,1H3. The Morgan fingerprint density at radius 3 is 2.89 bits per heavy atom. The van der Waals surface area contributed by atoms with Crippen LogP contribution in [0.5, 0.6) is 5.75 Å². The number of hydrogen-bond donors (Lipinski definition) is 1. The molecule has 6 nitrogen and oxygen atoms in total. The molecule has 6 heteroatoms. The maximum absolute atomic E-state index is 5.62. The van der Waals surface area contributed by atoms with Gasteiger partial charge in [-0.15, -0.1) is 5.10 Å². The van der Waals surface area contributed by atoms with Gasteiger partial charge in [0.25, 0.3) is 0 Å². The fraction of sp³-hybridized carbons (Fsp3) is 0.462. The normalized spacial score (nSPS) is 10.6. The Balaban J connectivity index is 1.78. The zero-order valence-corrected chi connectivity index (χ0v) is 11.1. The van der Waals surface area contributed by atoms with Gasteiger partial charge < -0.3 is 10.1 Å². The van der Waals surface area contributed by atoms with Crippen molar-refractivity contribution >= 4 is 0 Å². The molecule has 0 amide bonds. The molecule has 1 aromatic heterocycles. The second-order valence-electron chi connectivity index (χ2n) is 4.16. The fourth-order valence-corrected chi connectivity index (χ4v) is 1.67. The average Bonchev–Trinajstić information content (AvgIpc) is 2.88. The Labute approximate surface area is 112 Å². The van der Waals surface area contributed by atoms with Crippen LogP contribution < -0.4 is 10.1 Å². The largest absolute Gasteiger partial charge is 0.492 e. The van der Waals surface area contributed by atoms with Crippen molar-refractivity contribution < 1.29 is 4.74 Å². The molecule has 0 atom stereocenters. The molecule has 0 saturated heterocycles. The Morgan fingerprint density at radius 1 is 1.26 bits per heavy atom. The van der Waals surface area contributed by atoms with Crippen LogP contribution in [0.2, 0.25) is 0 Å². The van der Waals surface area contributed by atoms with Gasteiger partial charge in [-0.2, -0.15) is 0 Å². The van der Waals surface area contributed by atoms with Gasteiger partial charge in [0, 0.05) is 0 Å². The van der Waals surface area contributed by atoms with Crippen LogP contribution in [0.15, 0.2) is 30.3 Å². The third-order valence-electron chi connectivity index (χ3n) is 2.63. The van der Waals surface area contributed by atoms with E-state index in [1.165, 1.54) is 0 Å². The molecule has 102 valence electrons. The zero-order valence-electron chi connectivity index (χ0n) is 11.1. The van der Waals surface area contributed by atoms with Gasteiger partial charge in [0.1, 0.15) is 12.4 Å². The first-order chi connectivity index (χ1) is 9.40. The van der Waals surface area contributed by atoms with Crippen molar-refractivity contribution in [3.05, 3.63) is 36.2 Å². The van der Waals surface area contributed by atoms with Crippen LogP contribution in [0, 0.1) is 0 Å². The van der Waals surface area contributed by atoms with Crippen molar-refractivity contribution in [1.82, 2.24) is 25.5 Å². The van der Waals surface area contributed by atoms with Gasteiger partial charge in [0.2, 0.25) is 0 Å². The Bertz CT molecular complexity index is 471. The molecule has 0 spiro atoms. The smallest absolute Gasteiger partial charge is 0.165 e. The highest BCUT2D eigenvalue weighted by molar-refractivity contribution is 5.20. The summed E-state index contributed by atoms with van der Waals surface area (Å²) in [5.74, 6) is 1.70.